The van der Waals surface area contributed by atoms with Gasteiger partial charge in [0.25, 0.3) is 0 Å². The summed E-state index contributed by atoms with van der Waals surface area (Å²) in [4.78, 5) is 7.53. The van der Waals surface area contributed by atoms with Gasteiger partial charge in [-0.05, 0) is 0 Å². The summed E-state index contributed by atoms with van der Waals surface area (Å²) in [6.45, 7) is -1.09. The van der Waals surface area contributed by atoms with Crippen LogP contribution in [0.15, 0.2) is 0 Å². The molecule has 1 aromatic rings. The number of nitrogens with two attached hydrogens (primary N) is 1. The highest BCUT2D eigenvalue weighted by molar-refractivity contribution is 5.40. The van der Waals surface area contributed by atoms with Crippen LogP contribution in [0.4, 0.5) is 14.7 Å². The molecular weight excluding hydrogens is 220 g/mol. The average molecular weight is 233 g/mol. The molecule has 0 aliphatic carbocycles. The molecule has 5 nitrogen and oxygen atoms in total. The van der Waals surface area contributed by atoms with Gasteiger partial charge in [-0.15, -0.1) is 0 Å². The molecule has 0 fully saturated rings. The second-order valence-electron chi connectivity index (χ2n) is 3.03. The summed E-state index contributed by atoms with van der Waals surface area (Å²) in [5.41, 5.74) is 5.66. The number of rotatable bonds is 5. The van der Waals surface area contributed by atoms with Gasteiger partial charge in [-0.3, -0.25) is 0 Å². The maximum atomic E-state index is 13.0. The van der Waals surface area contributed by atoms with Gasteiger partial charge in [-0.1, -0.05) is 0 Å². The number of nitrogen functional groups attached to an aromatic ring is 1. The zero-order valence-corrected chi connectivity index (χ0v) is 9.04. The van der Waals surface area contributed by atoms with E-state index in [2.05, 4.69) is 9.97 Å². The number of hydrogen-bond acceptors (Lipinski definition) is 5. The predicted molar refractivity (Wildman–Crippen MR) is 54.1 cm³/mol. The predicted octanol–water partition coefficient (Wildman–Crippen LogP) is 0.926. The number of alkyl halides is 2. The van der Waals surface area contributed by atoms with Crippen molar-refractivity contribution >= 4 is 5.95 Å². The first-order valence-electron chi connectivity index (χ1n) is 4.56. The lowest BCUT2D eigenvalue weighted by Crippen LogP contribution is -2.12. The zero-order chi connectivity index (χ0) is 12.1. The maximum Gasteiger partial charge on any atom is 0.226 e. The maximum absolute atomic E-state index is 13.0. The van der Waals surface area contributed by atoms with Gasteiger partial charge in [0.2, 0.25) is 17.7 Å². The van der Waals surface area contributed by atoms with Gasteiger partial charge in [0.15, 0.2) is 0 Å². The summed E-state index contributed by atoms with van der Waals surface area (Å²) in [5, 5.41) is 0. The van der Waals surface area contributed by atoms with E-state index in [4.69, 9.17) is 15.2 Å². The van der Waals surface area contributed by atoms with Gasteiger partial charge in [-0.2, -0.15) is 9.97 Å². The first-order valence-corrected chi connectivity index (χ1v) is 4.56. The Morgan fingerprint density at radius 1 is 1.25 bits per heavy atom. The fourth-order valence-corrected chi connectivity index (χ4v) is 1.25. The molecule has 7 heteroatoms. The number of ether oxygens (including phenoxy) is 2. The third-order valence-corrected chi connectivity index (χ3v) is 1.93. The first-order chi connectivity index (χ1) is 7.62. The van der Waals surface area contributed by atoms with E-state index in [0.717, 1.165) is 0 Å². The van der Waals surface area contributed by atoms with Crippen molar-refractivity contribution in [2.75, 3.05) is 26.6 Å². The quantitative estimate of drug-likeness (QED) is 0.819. The molecule has 2 N–H and O–H groups in total. The lowest BCUT2D eigenvalue weighted by molar-refractivity contribution is 0.253. The summed E-state index contributed by atoms with van der Waals surface area (Å²) >= 11 is 0. The van der Waals surface area contributed by atoms with E-state index in [9.17, 15) is 8.78 Å². The van der Waals surface area contributed by atoms with Crippen LogP contribution in [0.5, 0.6) is 11.8 Å². The van der Waals surface area contributed by atoms with Crippen molar-refractivity contribution in [3.8, 4) is 11.8 Å². The fourth-order valence-electron chi connectivity index (χ4n) is 1.25. The Kier molecular flexibility index (Phi) is 4.21. The van der Waals surface area contributed by atoms with Crippen molar-refractivity contribution in [1.29, 1.82) is 0 Å². The molecule has 0 saturated heterocycles. The molecule has 0 aliphatic heterocycles. The lowest BCUT2D eigenvalue weighted by Gasteiger charge is -2.12. The topological polar surface area (TPSA) is 70.3 Å². The Hall–Kier alpha value is -1.66. The van der Waals surface area contributed by atoms with E-state index >= 15 is 0 Å². The average Bonchev–Trinajstić information content (AvgIpc) is 2.30. The van der Waals surface area contributed by atoms with E-state index in [1.807, 2.05) is 0 Å². The molecule has 1 atom stereocenters. The Morgan fingerprint density at radius 2 is 1.75 bits per heavy atom. The summed E-state index contributed by atoms with van der Waals surface area (Å²) in [6, 6.07) is 0. The van der Waals surface area contributed by atoms with Crippen LogP contribution in [-0.4, -0.2) is 37.0 Å². The molecule has 1 aromatic heterocycles. The largest absolute Gasteiger partial charge is 0.481 e. The molecule has 1 rings (SSSR count). The van der Waals surface area contributed by atoms with E-state index in [0.29, 0.717) is 0 Å². The van der Waals surface area contributed by atoms with E-state index in [-0.39, 0.29) is 29.7 Å². The Labute approximate surface area is 91.6 Å². The minimum Gasteiger partial charge on any atom is -0.481 e. The molecule has 0 aromatic carbocycles. The standard InChI is InChI=1S/C9H13F2N3O2/c1-15-7-6(3-5(11)4-10)8(16-2)14-9(12)13-7/h5H,3-4H2,1-2H3,(H2,12,13,14). The Bertz CT molecular complexity index is 338. The van der Waals surface area contributed by atoms with Crippen LogP contribution in [0, 0.1) is 0 Å². The monoisotopic (exact) mass is 233 g/mol. The van der Waals surface area contributed by atoms with Gasteiger partial charge in [0.05, 0.1) is 19.8 Å². The fraction of sp³-hybridized carbons (Fsp3) is 0.556. The molecule has 0 saturated carbocycles. The van der Waals surface area contributed by atoms with Crippen LogP contribution in [0.3, 0.4) is 0 Å². The molecule has 0 spiro atoms. The highest BCUT2D eigenvalue weighted by atomic mass is 19.2. The lowest BCUT2D eigenvalue weighted by atomic mass is 10.1. The summed E-state index contributed by atoms with van der Waals surface area (Å²) in [7, 11) is 2.71. The van der Waals surface area contributed by atoms with E-state index < -0.39 is 12.8 Å². The second kappa shape index (κ2) is 5.43. The minimum atomic E-state index is -1.64. The van der Waals surface area contributed by atoms with Crippen molar-refractivity contribution < 1.29 is 18.3 Å². The normalized spacial score (nSPS) is 12.2. The Balaban J connectivity index is 3.11. The van der Waals surface area contributed by atoms with Crippen LogP contribution in [0.2, 0.25) is 0 Å². The van der Waals surface area contributed by atoms with Gasteiger partial charge in [0.1, 0.15) is 12.8 Å². The molecular formula is C9H13F2N3O2. The van der Waals surface area contributed by atoms with Crippen molar-refractivity contribution in [3.63, 3.8) is 0 Å². The van der Waals surface area contributed by atoms with E-state index in [1.165, 1.54) is 14.2 Å². The van der Waals surface area contributed by atoms with Crippen LogP contribution in [0.25, 0.3) is 0 Å². The van der Waals surface area contributed by atoms with Gasteiger partial charge >= 0.3 is 0 Å². The van der Waals surface area contributed by atoms with Crippen molar-refractivity contribution in [2.45, 2.75) is 12.6 Å². The minimum absolute atomic E-state index is 0.0480. The summed E-state index contributed by atoms with van der Waals surface area (Å²) < 4.78 is 34.9. The molecule has 0 aliphatic rings. The number of anilines is 1. The smallest absolute Gasteiger partial charge is 0.226 e. The number of aromatic nitrogens is 2. The molecule has 1 heterocycles. The van der Waals surface area contributed by atoms with Crippen molar-refractivity contribution in [2.24, 2.45) is 0 Å². The number of nitrogens with zero attached hydrogens (tertiary/aromatic N) is 2. The summed E-state index contributed by atoms with van der Waals surface area (Å²) in [6.07, 6.45) is -1.86. The highest BCUT2D eigenvalue weighted by Gasteiger charge is 2.19. The van der Waals surface area contributed by atoms with Gasteiger partial charge in [0, 0.05) is 6.42 Å². The Morgan fingerprint density at radius 3 is 2.12 bits per heavy atom. The molecule has 16 heavy (non-hydrogen) atoms. The molecule has 0 radical (unpaired) electrons. The van der Waals surface area contributed by atoms with Gasteiger partial charge in [-0.25, -0.2) is 8.78 Å². The third kappa shape index (κ3) is 2.68. The third-order valence-electron chi connectivity index (χ3n) is 1.93. The molecule has 0 bridgehead atoms. The molecule has 0 amide bonds. The second-order valence-corrected chi connectivity index (χ2v) is 3.03. The van der Waals surface area contributed by atoms with Crippen LogP contribution >= 0.6 is 0 Å². The number of methoxy groups -OCH3 is 2. The highest BCUT2D eigenvalue weighted by Crippen LogP contribution is 2.27. The number of halogens is 2. The SMILES string of the molecule is COc1nc(N)nc(OC)c1CC(F)CF. The first kappa shape index (κ1) is 12.4. The van der Waals surface area contributed by atoms with Crippen LogP contribution < -0.4 is 15.2 Å². The molecule has 1 unspecified atom stereocenters. The van der Waals surface area contributed by atoms with Gasteiger partial charge < -0.3 is 15.2 Å². The zero-order valence-electron chi connectivity index (χ0n) is 9.04. The van der Waals surface area contributed by atoms with Crippen molar-refractivity contribution in [1.82, 2.24) is 9.97 Å². The summed E-state index contributed by atoms with van der Waals surface area (Å²) in [5.74, 6) is 0.147. The van der Waals surface area contributed by atoms with Crippen LogP contribution in [0.1, 0.15) is 5.56 Å². The van der Waals surface area contributed by atoms with E-state index in [1.54, 1.807) is 0 Å². The van der Waals surface area contributed by atoms with Crippen LogP contribution in [-0.2, 0) is 6.42 Å². The van der Waals surface area contributed by atoms with Crippen molar-refractivity contribution in [3.05, 3.63) is 5.56 Å². The molecule has 90 valence electrons. The number of hydrogen-bond donors (Lipinski definition) is 1.